The number of ether oxygens (including phenoxy) is 2. The number of carbonyl (C=O) groups excluding carboxylic acids is 1. The Morgan fingerprint density at radius 2 is 1.73 bits per heavy atom. The fourth-order valence-corrected chi connectivity index (χ4v) is 4.48. The quantitative estimate of drug-likeness (QED) is 0.448. The molecule has 0 aromatic heterocycles. The first-order valence-corrected chi connectivity index (χ1v) is 11.6. The molecule has 0 aliphatic rings. The topological polar surface area (TPSA) is 84.9 Å². The van der Waals surface area contributed by atoms with Crippen LogP contribution >= 0.6 is 0 Å². The van der Waals surface area contributed by atoms with Crippen molar-refractivity contribution < 1.29 is 22.7 Å². The van der Waals surface area contributed by atoms with E-state index in [1.165, 1.54) is 19.2 Å². The van der Waals surface area contributed by atoms with Crippen molar-refractivity contribution in [1.29, 1.82) is 0 Å². The third-order valence-electron chi connectivity index (χ3n) is 4.72. The highest BCUT2D eigenvalue weighted by Gasteiger charge is 2.27. The summed E-state index contributed by atoms with van der Waals surface area (Å²) < 4.78 is 38.8. The van der Waals surface area contributed by atoms with Gasteiger partial charge in [-0.05, 0) is 43.3 Å². The second-order valence-corrected chi connectivity index (χ2v) is 9.06. The van der Waals surface area contributed by atoms with Crippen LogP contribution in [0.25, 0.3) is 0 Å². The van der Waals surface area contributed by atoms with Gasteiger partial charge in [-0.1, -0.05) is 42.5 Å². The van der Waals surface area contributed by atoms with E-state index in [0.29, 0.717) is 29.5 Å². The van der Waals surface area contributed by atoms with Crippen LogP contribution in [0.1, 0.15) is 5.56 Å². The zero-order chi connectivity index (χ0) is 23.8. The molecule has 3 aromatic rings. The Labute approximate surface area is 194 Å². The van der Waals surface area contributed by atoms with Crippen molar-refractivity contribution >= 4 is 27.3 Å². The number of rotatable bonds is 10. The van der Waals surface area contributed by atoms with E-state index in [1.807, 2.05) is 6.92 Å². The van der Waals surface area contributed by atoms with Gasteiger partial charge >= 0.3 is 0 Å². The van der Waals surface area contributed by atoms with E-state index in [1.54, 1.807) is 66.7 Å². The minimum absolute atomic E-state index is 0.0866. The van der Waals surface area contributed by atoms with Gasteiger partial charge in [-0.25, -0.2) is 8.42 Å². The molecule has 3 rings (SSSR count). The van der Waals surface area contributed by atoms with Gasteiger partial charge in [0.25, 0.3) is 10.0 Å². The van der Waals surface area contributed by atoms with E-state index >= 15 is 0 Å². The summed E-state index contributed by atoms with van der Waals surface area (Å²) in [6, 6.07) is 19.9. The predicted octanol–water partition coefficient (Wildman–Crippen LogP) is 4.40. The molecule has 0 saturated heterocycles. The number of methoxy groups -OCH3 is 1. The number of amides is 1. The molecular weight excluding hydrogens is 440 g/mol. The molecule has 0 spiro atoms. The second kappa shape index (κ2) is 10.7. The van der Waals surface area contributed by atoms with Crippen LogP contribution in [0, 0.1) is 6.92 Å². The van der Waals surface area contributed by atoms with E-state index in [-0.39, 0.29) is 4.90 Å². The van der Waals surface area contributed by atoms with Gasteiger partial charge in [-0.2, -0.15) is 0 Å². The molecule has 0 fully saturated rings. The predicted molar refractivity (Wildman–Crippen MR) is 129 cm³/mol. The maximum Gasteiger partial charge on any atom is 0.264 e. The Hall–Kier alpha value is -3.78. The number of nitrogens with one attached hydrogen (secondary N) is 1. The molecule has 3 aromatic carbocycles. The number of benzene rings is 3. The fraction of sp³-hybridized carbons (Fsp3) is 0.160. The third-order valence-corrected chi connectivity index (χ3v) is 6.51. The van der Waals surface area contributed by atoms with Gasteiger partial charge in [-0.15, -0.1) is 0 Å². The van der Waals surface area contributed by atoms with Crippen molar-refractivity contribution in [1.82, 2.24) is 0 Å². The van der Waals surface area contributed by atoms with Crippen LogP contribution in [0.3, 0.4) is 0 Å². The van der Waals surface area contributed by atoms with Gasteiger partial charge in [0.15, 0.2) is 0 Å². The summed E-state index contributed by atoms with van der Waals surface area (Å²) in [7, 11) is -2.53. The third kappa shape index (κ3) is 6.14. The van der Waals surface area contributed by atoms with E-state index in [2.05, 4.69) is 11.9 Å². The molecule has 172 valence electrons. The first-order valence-electron chi connectivity index (χ1n) is 10.2. The molecule has 0 saturated carbocycles. The van der Waals surface area contributed by atoms with Gasteiger partial charge in [-0.3, -0.25) is 9.10 Å². The minimum atomic E-state index is -4.02. The monoisotopic (exact) mass is 466 g/mol. The summed E-state index contributed by atoms with van der Waals surface area (Å²) in [6.07, 6.45) is 1.62. The summed E-state index contributed by atoms with van der Waals surface area (Å²) in [5.41, 5.74) is 1.73. The Bertz CT molecular complexity index is 1220. The normalized spacial score (nSPS) is 10.8. The highest BCUT2D eigenvalue weighted by Crippen LogP contribution is 2.27. The Balaban J connectivity index is 1.90. The second-order valence-electron chi connectivity index (χ2n) is 7.20. The van der Waals surface area contributed by atoms with Gasteiger partial charge in [0.05, 0.1) is 17.7 Å². The van der Waals surface area contributed by atoms with Crippen LogP contribution in [0.5, 0.6) is 11.5 Å². The molecule has 33 heavy (non-hydrogen) atoms. The molecule has 7 nitrogen and oxygen atoms in total. The summed E-state index contributed by atoms with van der Waals surface area (Å²) in [6.45, 7) is 5.38. The number of aryl methyl sites for hydroxylation is 1. The van der Waals surface area contributed by atoms with Crippen molar-refractivity contribution in [2.45, 2.75) is 11.8 Å². The lowest BCUT2D eigenvalue weighted by Crippen LogP contribution is -2.38. The van der Waals surface area contributed by atoms with Crippen LogP contribution in [0.15, 0.2) is 90.3 Å². The average molecular weight is 467 g/mol. The number of anilines is 2. The molecule has 0 unspecified atom stereocenters. The number of hydrogen-bond donors (Lipinski definition) is 1. The van der Waals surface area contributed by atoms with Crippen LogP contribution < -0.4 is 19.1 Å². The highest BCUT2D eigenvalue weighted by molar-refractivity contribution is 7.92. The van der Waals surface area contributed by atoms with Crippen molar-refractivity contribution in [2.24, 2.45) is 0 Å². The lowest BCUT2D eigenvalue weighted by atomic mass is 10.2. The number of hydrogen-bond acceptors (Lipinski definition) is 5. The van der Waals surface area contributed by atoms with Crippen LogP contribution in [-0.4, -0.2) is 34.6 Å². The van der Waals surface area contributed by atoms with Crippen molar-refractivity contribution in [3.8, 4) is 11.5 Å². The molecule has 0 radical (unpaired) electrons. The molecule has 0 aliphatic carbocycles. The summed E-state index contributed by atoms with van der Waals surface area (Å²) >= 11 is 0. The fourth-order valence-electron chi connectivity index (χ4n) is 3.07. The highest BCUT2D eigenvalue weighted by atomic mass is 32.2. The molecule has 0 aliphatic heterocycles. The van der Waals surface area contributed by atoms with E-state index in [9.17, 15) is 13.2 Å². The summed E-state index contributed by atoms with van der Waals surface area (Å²) in [5, 5.41) is 2.74. The zero-order valence-corrected chi connectivity index (χ0v) is 19.3. The Morgan fingerprint density at radius 3 is 2.42 bits per heavy atom. The SMILES string of the molecule is C=CCOc1cccc(NC(=O)CN(c2cccc(OC)c2)S(=O)(=O)c2ccc(C)cc2)c1. The first kappa shape index (κ1) is 23.9. The van der Waals surface area contributed by atoms with E-state index in [4.69, 9.17) is 9.47 Å². The number of sulfonamides is 1. The number of carbonyl (C=O) groups is 1. The molecule has 0 atom stereocenters. The molecule has 1 N–H and O–H groups in total. The Kier molecular flexibility index (Phi) is 7.74. The molecule has 8 heteroatoms. The molecule has 0 heterocycles. The van der Waals surface area contributed by atoms with Gasteiger partial charge in [0.2, 0.25) is 5.91 Å². The zero-order valence-electron chi connectivity index (χ0n) is 18.5. The average Bonchev–Trinajstić information content (AvgIpc) is 2.81. The van der Waals surface area contributed by atoms with E-state index < -0.39 is 22.5 Å². The maximum atomic E-state index is 13.5. The molecule has 1 amide bonds. The van der Waals surface area contributed by atoms with E-state index in [0.717, 1.165) is 9.87 Å². The molecular formula is C25H26N2O5S. The lowest BCUT2D eigenvalue weighted by molar-refractivity contribution is -0.114. The minimum Gasteiger partial charge on any atom is -0.497 e. The molecule has 0 bridgehead atoms. The van der Waals surface area contributed by atoms with Gasteiger partial charge < -0.3 is 14.8 Å². The van der Waals surface area contributed by atoms with Gasteiger partial charge in [0.1, 0.15) is 24.7 Å². The van der Waals surface area contributed by atoms with Crippen molar-refractivity contribution in [2.75, 3.05) is 29.9 Å². The standard InChI is InChI=1S/C25H26N2O5S/c1-4-15-32-23-10-5-7-20(16-23)26-25(28)18-27(21-8-6-9-22(17-21)31-3)33(29,30)24-13-11-19(2)12-14-24/h4-14,16-17H,1,15,18H2,2-3H3,(H,26,28). The Morgan fingerprint density at radius 1 is 1.03 bits per heavy atom. The lowest BCUT2D eigenvalue weighted by Gasteiger charge is -2.24. The van der Waals surface area contributed by atoms with Gasteiger partial charge in [0, 0.05) is 17.8 Å². The smallest absolute Gasteiger partial charge is 0.264 e. The maximum absolute atomic E-state index is 13.5. The number of nitrogens with zero attached hydrogens (tertiary/aromatic N) is 1. The van der Waals surface area contributed by atoms with Crippen molar-refractivity contribution in [3.05, 3.63) is 91.0 Å². The van der Waals surface area contributed by atoms with Crippen LogP contribution in [0.4, 0.5) is 11.4 Å². The largest absolute Gasteiger partial charge is 0.497 e. The van der Waals surface area contributed by atoms with Crippen molar-refractivity contribution in [3.63, 3.8) is 0 Å². The van der Waals surface area contributed by atoms with Crippen LogP contribution in [0.2, 0.25) is 0 Å². The summed E-state index contributed by atoms with van der Waals surface area (Å²) in [4.78, 5) is 13.0. The van der Waals surface area contributed by atoms with Crippen LogP contribution in [-0.2, 0) is 14.8 Å². The first-order chi connectivity index (χ1) is 15.8. The summed E-state index contributed by atoms with van der Waals surface area (Å²) in [5.74, 6) is 0.531.